The van der Waals surface area contributed by atoms with Gasteiger partial charge in [0.05, 0.1) is 13.2 Å². The van der Waals surface area contributed by atoms with Crippen molar-refractivity contribution in [2.75, 3.05) is 7.11 Å². The summed E-state index contributed by atoms with van der Waals surface area (Å²) >= 11 is 0. The van der Waals surface area contributed by atoms with Crippen LogP contribution < -0.4 is 15.4 Å². The van der Waals surface area contributed by atoms with Gasteiger partial charge in [0.1, 0.15) is 5.75 Å². The van der Waals surface area contributed by atoms with Gasteiger partial charge in [-0.3, -0.25) is 0 Å². The molecule has 0 aliphatic rings. The normalized spacial score (nSPS) is 11.6. The van der Waals surface area contributed by atoms with Gasteiger partial charge < -0.3 is 20.5 Å². The van der Waals surface area contributed by atoms with Crippen LogP contribution in [0.5, 0.6) is 5.75 Å². The lowest BCUT2D eigenvalue weighted by Crippen LogP contribution is -2.34. The zero-order chi connectivity index (χ0) is 16.7. The van der Waals surface area contributed by atoms with Crippen LogP contribution in [0.15, 0.2) is 48.5 Å². The Morgan fingerprint density at radius 2 is 1.74 bits per heavy atom. The van der Waals surface area contributed by atoms with Crippen molar-refractivity contribution in [1.82, 2.24) is 10.6 Å². The Morgan fingerprint density at radius 1 is 1.09 bits per heavy atom. The van der Waals surface area contributed by atoms with Crippen LogP contribution in [0.25, 0.3) is 0 Å². The van der Waals surface area contributed by atoms with Gasteiger partial charge in [-0.25, -0.2) is 4.79 Å². The molecule has 0 aliphatic carbocycles. The number of hydrogen-bond donors (Lipinski definition) is 3. The molecule has 0 bridgehead atoms. The molecule has 0 heterocycles. The van der Waals surface area contributed by atoms with Crippen LogP contribution in [0.1, 0.15) is 29.7 Å². The first-order valence-electron chi connectivity index (χ1n) is 7.50. The lowest BCUT2D eigenvalue weighted by atomic mass is 10.1. The molecule has 5 heteroatoms. The number of ether oxygens (including phenoxy) is 1. The van der Waals surface area contributed by atoms with Gasteiger partial charge in [0.25, 0.3) is 0 Å². The number of nitrogens with one attached hydrogen (secondary N) is 2. The molecule has 3 N–H and O–H groups in total. The minimum Gasteiger partial charge on any atom is -0.496 e. The van der Waals surface area contributed by atoms with E-state index in [1.54, 1.807) is 14.0 Å². The summed E-state index contributed by atoms with van der Waals surface area (Å²) in [5.74, 6) is 0.751. The number of benzene rings is 2. The Balaban J connectivity index is 1.81. The summed E-state index contributed by atoms with van der Waals surface area (Å²) in [6, 6.07) is 14.8. The molecule has 0 aliphatic heterocycles. The maximum Gasteiger partial charge on any atom is 0.315 e. The second kappa shape index (κ2) is 8.19. The van der Waals surface area contributed by atoms with Crippen LogP contribution in [-0.2, 0) is 13.1 Å². The summed E-state index contributed by atoms with van der Waals surface area (Å²) in [7, 11) is 1.61. The maximum atomic E-state index is 11.9. The van der Waals surface area contributed by atoms with Gasteiger partial charge in [-0.05, 0) is 24.1 Å². The third kappa shape index (κ3) is 5.00. The van der Waals surface area contributed by atoms with E-state index in [2.05, 4.69) is 10.6 Å². The second-order valence-electron chi connectivity index (χ2n) is 5.27. The highest BCUT2D eigenvalue weighted by atomic mass is 16.5. The molecular weight excluding hydrogens is 292 g/mol. The fourth-order valence-corrected chi connectivity index (χ4v) is 2.18. The Morgan fingerprint density at radius 3 is 2.39 bits per heavy atom. The molecule has 2 aromatic carbocycles. The maximum absolute atomic E-state index is 11.9. The Hall–Kier alpha value is -2.53. The fraction of sp³-hybridized carbons (Fsp3) is 0.278. The van der Waals surface area contributed by atoms with Gasteiger partial charge in [-0.2, -0.15) is 0 Å². The third-order valence-electron chi connectivity index (χ3n) is 3.55. The lowest BCUT2D eigenvalue weighted by Gasteiger charge is -2.11. The minimum atomic E-state index is -0.485. The lowest BCUT2D eigenvalue weighted by molar-refractivity contribution is 0.199. The molecule has 0 spiro atoms. The van der Waals surface area contributed by atoms with Crippen molar-refractivity contribution in [3.05, 3.63) is 65.2 Å². The predicted octanol–water partition coefficient (Wildman–Crippen LogP) is 2.75. The summed E-state index contributed by atoms with van der Waals surface area (Å²) < 4.78 is 5.25. The van der Waals surface area contributed by atoms with E-state index in [1.165, 1.54) is 0 Å². The van der Waals surface area contributed by atoms with Gasteiger partial charge in [0.15, 0.2) is 0 Å². The van der Waals surface area contributed by atoms with E-state index < -0.39 is 6.10 Å². The van der Waals surface area contributed by atoms with Crippen molar-refractivity contribution >= 4 is 6.03 Å². The van der Waals surface area contributed by atoms with E-state index >= 15 is 0 Å². The fourth-order valence-electron chi connectivity index (χ4n) is 2.18. The topological polar surface area (TPSA) is 70.6 Å². The quantitative estimate of drug-likeness (QED) is 0.768. The first-order chi connectivity index (χ1) is 11.1. The number of carbonyl (C=O) groups excluding carboxylic acids is 1. The summed E-state index contributed by atoms with van der Waals surface area (Å²) in [4.78, 5) is 11.9. The van der Waals surface area contributed by atoms with E-state index in [4.69, 9.17) is 4.74 Å². The van der Waals surface area contributed by atoms with Crippen LogP contribution in [0.2, 0.25) is 0 Å². The summed E-state index contributed by atoms with van der Waals surface area (Å²) in [6.07, 6.45) is -0.485. The second-order valence-corrected chi connectivity index (χ2v) is 5.27. The zero-order valence-electron chi connectivity index (χ0n) is 13.4. The van der Waals surface area contributed by atoms with Crippen LogP contribution in [0.3, 0.4) is 0 Å². The number of carbonyl (C=O) groups is 1. The van der Waals surface area contributed by atoms with Gasteiger partial charge in [0, 0.05) is 18.7 Å². The standard InChI is InChI=1S/C18H22N2O3/c1-13(21)15-9-7-14(8-10-15)11-19-18(22)20-12-16-5-3-4-6-17(16)23-2/h3-10,13,21H,11-12H2,1-2H3,(H2,19,20,22)/t13-/m0/s1. The molecule has 0 unspecified atom stereocenters. The Labute approximate surface area is 136 Å². The van der Waals surface area contributed by atoms with Gasteiger partial charge in [0.2, 0.25) is 0 Å². The molecule has 122 valence electrons. The third-order valence-corrected chi connectivity index (χ3v) is 3.55. The van der Waals surface area contributed by atoms with Crippen LogP contribution in [0, 0.1) is 0 Å². The molecule has 0 aromatic heterocycles. The van der Waals surface area contributed by atoms with E-state index in [0.717, 1.165) is 22.4 Å². The van der Waals surface area contributed by atoms with Gasteiger partial charge >= 0.3 is 6.03 Å². The number of aliphatic hydroxyl groups excluding tert-OH is 1. The predicted molar refractivity (Wildman–Crippen MR) is 89.1 cm³/mol. The molecule has 5 nitrogen and oxygen atoms in total. The molecule has 2 rings (SSSR count). The van der Waals surface area contributed by atoms with E-state index in [9.17, 15) is 9.90 Å². The summed E-state index contributed by atoms with van der Waals surface area (Å²) in [6.45, 7) is 2.55. The monoisotopic (exact) mass is 314 g/mol. The molecule has 0 saturated carbocycles. The molecule has 1 atom stereocenters. The van der Waals surface area contributed by atoms with Crippen molar-refractivity contribution in [2.24, 2.45) is 0 Å². The summed E-state index contributed by atoms with van der Waals surface area (Å²) in [5.41, 5.74) is 2.75. The largest absolute Gasteiger partial charge is 0.496 e. The van der Waals surface area contributed by atoms with Crippen LogP contribution in [0.4, 0.5) is 4.79 Å². The first-order valence-corrected chi connectivity index (χ1v) is 7.50. The van der Waals surface area contributed by atoms with E-state index in [0.29, 0.717) is 13.1 Å². The average Bonchev–Trinajstić information content (AvgIpc) is 2.58. The number of para-hydroxylation sites is 1. The molecule has 0 saturated heterocycles. The highest BCUT2D eigenvalue weighted by molar-refractivity contribution is 5.73. The molecule has 0 fully saturated rings. The summed E-state index contributed by atoms with van der Waals surface area (Å²) in [5, 5.41) is 15.1. The van der Waals surface area contributed by atoms with Crippen molar-refractivity contribution in [2.45, 2.75) is 26.1 Å². The van der Waals surface area contributed by atoms with Crippen LogP contribution in [-0.4, -0.2) is 18.2 Å². The highest BCUT2D eigenvalue weighted by Crippen LogP contribution is 2.16. The van der Waals surface area contributed by atoms with Gasteiger partial charge in [-0.15, -0.1) is 0 Å². The SMILES string of the molecule is COc1ccccc1CNC(=O)NCc1ccc([C@H](C)O)cc1. The number of urea groups is 1. The average molecular weight is 314 g/mol. The first kappa shape index (κ1) is 16.8. The number of aliphatic hydroxyl groups is 1. The molecular formula is C18H22N2O3. The minimum absolute atomic E-state index is 0.240. The number of methoxy groups -OCH3 is 1. The van der Waals surface area contributed by atoms with Crippen LogP contribution >= 0.6 is 0 Å². The molecule has 23 heavy (non-hydrogen) atoms. The zero-order valence-corrected chi connectivity index (χ0v) is 13.4. The molecule has 0 radical (unpaired) electrons. The van der Waals surface area contributed by atoms with E-state index in [1.807, 2.05) is 48.5 Å². The van der Waals surface area contributed by atoms with E-state index in [-0.39, 0.29) is 6.03 Å². The van der Waals surface area contributed by atoms with Gasteiger partial charge in [-0.1, -0.05) is 42.5 Å². The number of rotatable bonds is 6. The Kier molecular flexibility index (Phi) is 6.00. The number of hydrogen-bond acceptors (Lipinski definition) is 3. The van der Waals surface area contributed by atoms with Crippen molar-refractivity contribution in [3.63, 3.8) is 0 Å². The Bertz CT molecular complexity index is 639. The van der Waals surface area contributed by atoms with Crippen molar-refractivity contribution in [3.8, 4) is 5.75 Å². The smallest absolute Gasteiger partial charge is 0.315 e. The molecule has 2 amide bonds. The molecule has 2 aromatic rings. The van der Waals surface area contributed by atoms with Crippen molar-refractivity contribution < 1.29 is 14.6 Å². The highest BCUT2D eigenvalue weighted by Gasteiger charge is 2.05. The van der Waals surface area contributed by atoms with Crippen molar-refractivity contribution in [1.29, 1.82) is 0 Å². The number of amides is 2.